The lowest BCUT2D eigenvalue weighted by Crippen LogP contribution is -2.26. The molecule has 19 heavy (non-hydrogen) atoms. The van der Waals surface area contributed by atoms with Gasteiger partial charge in [-0.05, 0) is 37.0 Å². The van der Waals surface area contributed by atoms with Gasteiger partial charge in [0.25, 0.3) is 0 Å². The van der Waals surface area contributed by atoms with Crippen LogP contribution in [0.2, 0.25) is 0 Å². The van der Waals surface area contributed by atoms with Crippen molar-refractivity contribution in [3.63, 3.8) is 0 Å². The number of hydrogen-bond acceptors (Lipinski definition) is 4. The Labute approximate surface area is 114 Å². The second-order valence-electron chi connectivity index (χ2n) is 4.94. The quantitative estimate of drug-likeness (QED) is 0.827. The highest BCUT2D eigenvalue weighted by Crippen LogP contribution is 2.21. The van der Waals surface area contributed by atoms with E-state index in [9.17, 15) is 4.79 Å². The number of methoxy groups -OCH3 is 2. The summed E-state index contributed by atoms with van der Waals surface area (Å²) in [6.45, 7) is 0.822. The third-order valence-corrected chi connectivity index (χ3v) is 3.69. The van der Waals surface area contributed by atoms with Gasteiger partial charge in [-0.15, -0.1) is 0 Å². The minimum absolute atomic E-state index is 0.293. The molecule has 1 aromatic rings. The number of carbonyl (C=O) groups excluding carboxylic acids is 1. The maximum atomic E-state index is 11.3. The molecule has 1 aliphatic rings. The van der Waals surface area contributed by atoms with Crippen LogP contribution in [-0.2, 0) is 16.0 Å². The van der Waals surface area contributed by atoms with Gasteiger partial charge in [-0.25, -0.2) is 4.79 Å². The molecule has 2 unspecified atom stereocenters. The van der Waals surface area contributed by atoms with Crippen LogP contribution in [0.4, 0.5) is 0 Å². The summed E-state index contributed by atoms with van der Waals surface area (Å²) in [5, 5.41) is 3.53. The molecule has 1 saturated carbocycles. The van der Waals surface area contributed by atoms with E-state index in [1.165, 1.54) is 19.1 Å². The molecule has 4 heteroatoms. The van der Waals surface area contributed by atoms with Crippen LogP contribution in [0.15, 0.2) is 24.3 Å². The molecule has 2 atom stereocenters. The second-order valence-corrected chi connectivity index (χ2v) is 4.94. The van der Waals surface area contributed by atoms with Gasteiger partial charge in [-0.2, -0.15) is 0 Å². The van der Waals surface area contributed by atoms with Crippen molar-refractivity contribution in [2.24, 2.45) is 0 Å². The second kappa shape index (κ2) is 6.68. The molecular formula is C15H21NO3. The lowest BCUT2D eigenvalue weighted by atomic mass is 10.1. The zero-order valence-electron chi connectivity index (χ0n) is 11.5. The van der Waals surface area contributed by atoms with Crippen molar-refractivity contribution < 1.29 is 14.3 Å². The number of ether oxygens (including phenoxy) is 2. The highest BCUT2D eigenvalue weighted by Gasteiger charge is 2.23. The van der Waals surface area contributed by atoms with E-state index in [1.54, 1.807) is 19.2 Å². The first-order valence-electron chi connectivity index (χ1n) is 6.66. The lowest BCUT2D eigenvalue weighted by Gasteiger charge is -2.13. The zero-order chi connectivity index (χ0) is 13.7. The summed E-state index contributed by atoms with van der Waals surface area (Å²) < 4.78 is 10.0. The van der Waals surface area contributed by atoms with E-state index < -0.39 is 0 Å². The molecule has 0 heterocycles. The summed E-state index contributed by atoms with van der Waals surface area (Å²) in [6, 6.07) is 8.06. The number of rotatable bonds is 5. The molecule has 104 valence electrons. The first-order chi connectivity index (χ1) is 9.22. The number of nitrogens with one attached hydrogen (secondary N) is 1. The van der Waals surface area contributed by atoms with Crippen LogP contribution in [0.5, 0.6) is 0 Å². The Morgan fingerprint density at radius 1 is 1.26 bits per heavy atom. The molecule has 0 aromatic heterocycles. The van der Waals surface area contributed by atoms with Crippen LogP contribution in [0, 0.1) is 0 Å². The van der Waals surface area contributed by atoms with Gasteiger partial charge in [0, 0.05) is 19.7 Å². The molecule has 0 aliphatic heterocycles. The molecule has 1 aliphatic carbocycles. The summed E-state index contributed by atoms with van der Waals surface area (Å²) in [7, 11) is 3.17. The van der Waals surface area contributed by atoms with Crippen molar-refractivity contribution in [1.29, 1.82) is 0 Å². The van der Waals surface area contributed by atoms with Crippen molar-refractivity contribution >= 4 is 5.97 Å². The lowest BCUT2D eigenvalue weighted by molar-refractivity contribution is 0.0600. The molecule has 0 spiro atoms. The van der Waals surface area contributed by atoms with Gasteiger partial charge in [0.1, 0.15) is 0 Å². The SMILES string of the molecule is COC(=O)c1ccc(CNC2CCC(OC)C2)cc1. The molecule has 1 fully saturated rings. The molecular weight excluding hydrogens is 242 g/mol. The smallest absolute Gasteiger partial charge is 0.337 e. The van der Waals surface area contributed by atoms with E-state index in [2.05, 4.69) is 10.1 Å². The van der Waals surface area contributed by atoms with E-state index in [0.29, 0.717) is 17.7 Å². The Bertz CT molecular complexity index is 416. The van der Waals surface area contributed by atoms with Crippen LogP contribution < -0.4 is 5.32 Å². The average molecular weight is 263 g/mol. The van der Waals surface area contributed by atoms with Crippen LogP contribution in [0.1, 0.15) is 35.2 Å². The van der Waals surface area contributed by atoms with Gasteiger partial charge in [0.2, 0.25) is 0 Å². The Morgan fingerprint density at radius 3 is 2.58 bits per heavy atom. The minimum Gasteiger partial charge on any atom is -0.465 e. The summed E-state index contributed by atoms with van der Waals surface area (Å²) in [5.41, 5.74) is 1.76. The summed E-state index contributed by atoms with van der Waals surface area (Å²) in [5.74, 6) is -0.293. The predicted molar refractivity (Wildman–Crippen MR) is 73.1 cm³/mol. The Morgan fingerprint density at radius 2 is 2.00 bits per heavy atom. The average Bonchev–Trinajstić information content (AvgIpc) is 2.93. The fourth-order valence-electron chi connectivity index (χ4n) is 2.48. The number of hydrogen-bond donors (Lipinski definition) is 1. The molecule has 2 rings (SSSR count). The Kier molecular flexibility index (Phi) is 4.93. The molecule has 0 bridgehead atoms. The van der Waals surface area contributed by atoms with Gasteiger partial charge in [0.05, 0.1) is 18.8 Å². The molecule has 4 nitrogen and oxygen atoms in total. The van der Waals surface area contributed by atoms with Gasteiger partial charge in [-0.3, -0.25) is 0 Å². The molecule has 1 N–H and O–H groups in total. The molecule has 0 amide bonds. The van der Waals surface area contributed by atoms with Gasteiger partial charge >= 0.3 is 5.97 Å². The number of esters is 1. The van der Waals surface area contributed by atoms with Crippen molar-refractivity contribution in [3.05, 3.63) is 35.4 Å². The fraction of sp³-hybridized carbons (Fsp3) is 0.533. The van der Waals surface area contributed by atoms with Gasteiger partial charge in [0.15, 0.2) is 0 Å². The van der Waals surface area contributed by atoms with Crippen molar-refractivity contribution in [1.82, 2.24) is 5.32 Å². The van der Waals surface area contributed by atoms with Crippen LogP contribution in [0.25, 0.3) is 0 Å². The first-order valence-corrected chi connectivity index (χ1v) is 6.66. The normalized spacial score (nSPS) is 22.4. The third-order valence-electron chi connectivity index (χ3n) is 3.69. The number of benzene rings is 1. The summed E-state index contributed by atoms with van der Waals surface area (Å²) in [4.78, 5) is 11.3. The zero-order valence-corrected chi connectivity index (χ0v) is 11.5. The third kappa shape index (κ3) is 3.78. The highest BCUT2D eigenvalue weighted by molar-refractivity contribution is 5.89. The van der Waals surface area contributed by atoms with Crippen LogP contribution in [-0.4, -0.2) is 32.3 Å². The largest absolute Gasteiger partial charge is 0.465 e. The van der Waals surface area contributed by atoms with Crippen molar-refractivity contribution in [2.75, 3.05) is 14.2 Å². The van der Waals surface area contributed by atoms with Crippen LogP contribution in [0.3, 0.4) is 0 Å². The minimum atomic E-state index is -0.293. The summed E-state index contributed by atoms with van der Waals surface area (Å²) >= 11 is 0. The van der Waals surface area contributed by atoms with Crippen molar-refractivity contribution in [3.8, 4) is 0 Å². The Balaban J connectivity index is 1.82. The first kappa shape index (κ1) is 14.0. The maximum absolute atomic E-state index is 11.3. The van der Waals surface area contributed by atoms with E-state index in [1.807, 2.05) is 12.1 Å². The van der Waals surface area contributed by atoms with E-state index >= 15 is 0 Å². The van der Waals surface area contributed by atoms with Crippen molar-refractivity contribution in [2.45, 2.75) is 38.0 Å². The monoisotopic (exact) mass is 263 g/mol. The van der Waals surface area contributed by atoms with Crippen LogP contribution >= 0.6 is 0 Å². The Hall–Kier alpha value is -1.39. The maximum Gasteiger partial charge on any atom is 0.337 e. The molecule has 0 saturated heterocycles. The molecule has 1 aromatic carbocycles. The van der Waals surface area contributed by atoms with E-state index in [-0.39, 0.29) is 5.97 Å². The fourth-order valence-corrected chi connectivity index (χ4v) is 2.48. The predicted octanol–water partition coefficient (Wildman–Crippen LogP) is 2.13. The van der Waals surface area contributed by atoms with Gasteiger partial charge in [-0.1, -0.05) is 12.1 Å². The van der Waals surface area contributed by atoms with E-state index in [4.69, 9.17) is 4.74 Å². The van der Waals surface area contributed by atoms with Gasteiger partial charge < -0.3 is 14.8 Å². The summed E-state index contributed by atoms with van der Waals surface area (Å²) in [6.07, 6.45) is 3.78. The molecule has 0 radical (unpaired) electrons. The standard InChI is InChI=1S/C15H21NO3/c1-18-14-8-7-13(9-14)16-10-11-3-5-12(6-4-11)15(17)19-2/h3-6,13-14,16H,7-10H2,1-2H3. The number of carbonyl (C=O) groups is 1. The van der Waals surface area contributed by atoms with E-state index in [0.717, 1.165) is 19.4 Å². The topological polar surface area (TPSA) is 47.6 Å². The highest BCUT2D eigenvalue weighted by atomic mass is 16.5.